The lowest BCUT2D eigenvalue weighted by atomic mass is 10.2. The molecule has 2 rings (SSSR count). The van der Waals surface area contributed by atoms with E-state index in [1.807, 2.05) is 0 Å². The van der Waals surface area contributed by atoms with Crippen LogP contribution in [-0.2, 0) is 0 Å². The third kappa shape index (κ3) is 2.18. The number of rotatable bonds is 3. The number of hydrogen-bond donors (Lipinski definition) is 2. The first-order valence-electron chi connectivity index (χ1n) is 4.95. The minimum absolute atomic E-state index is 0.0140. The molecular weight excluding hydrogens is 233 g/mol. The third-order valence-electron chi connectivity index (χ3n) is 2.72. The monoisotopic (exact) mass is 243 g/mol. The Hall–Kier alpha value is -1.13. The van der Waals surface area contributed by atoms with Crippen molar-refractivity contribution in [3.8, 4) is 0 Å². The number of nitrogens with one attached hydrogen (secondary N) is 1. The SMILES string of the molecule is O=C(NC1(CO)CC1)c1ccc(Cl)c(F)c1. The second-order valence-electron chi connectivity index (χ2n) is 4.02. The normalized spacial score (nSPS) is 16.9. The molecule has 2 N–H and O–H groups in total. The molecule has 1 aliphatic carbocycles. The van der Waals surface area contributed by atoms with E-state index in [4.69, 9.17) is 16.7 Å². The van der Waals surface area contributed by atoms with Gasteiger partial charge in [-0.25, -0.2) is 4.39 Å². The first-order chi connectivity index (χ1) is 7.56. The maximum atomic E-state index is 13.1. The Morgan fingerprint density at radius 3 is 2.75 bits per heavy atom. The Morgan fingerprint density at radius 1 is 1.56 bits per heavy atom. The van der Waals surface area contributed by atoms with Gasteiger partial charge in [-0.3, -0.25) is 4.79 Å². The number of carbonyl (C=O) groups is 1. The molecule has 1 fully saturated rings. The summed E-state index contributed by atoms with van der Waals surface area (Å²) in [5.41, 5.74) is -0.283. The van der Waals surface area contributed by atoms with Crippen molar-refractivity contribution in [2.24, 2.45) is 0 Å². The number of hydrogen-bond acceptors (Lipinski definition) is 2. The van der Waals surface area contributed by atoms with Gasteiger partial charge in [-0.1, -0.05) is 11.6 Å². The number of aliphatic hydroxyl groups is 1. The molecule has 1 aromatic rings. The maximum absolute atomic E-state index is 13.1. The Bertz CT molecular complexity index is 432. The van der Waals surface area contributed by atoms with E-state index in [1.54, 1.807) is 0 Å². The quantitative estimate of drug-likeness (QED) is 0.850. The van der Waals surface area contributed by atoms with Gasteiger partial charge in [-0.15, -0.1) is 0 Å². The molecule has 1 aliphatic rings. The van der Waals surface area contributed by atoms with E-state index in [-0.39, 0.29) is 23.1 Å². The Kier molecular flexibility index (Phi) is 2.86. The fraction of sp³-hybridized carbons (Fsp3) is 0.364. The van der Waals surface area contributed by atoms with Gasteiger partial charge in [0.1, 0.15) is 5.82 Å². The fourth-order valence-corrected chi connectivity index (χ4v) is 1.54. The summed E-state index contributed by atoms with van der Waals surface area (Å²) >= 11 is 5.51. The van der Waals surface area contributed by atoms with Crippen molar-refractivity contribution in [2.45, 2.75) is 18.4 Å². The molecule has 0 spiro atoms. The Morgan fingerprint density at radius 2 is 2.25 bits per heavy atom. The van der Waals surface area contributed by atoms with Crippen LogP contribution in [0.3, 0.4) is 0 Å². The van der Waals surface area contributed by atoms with Gasteiger partial charge in [0.2, 0.25) is 0 Å². The fourth-order valence-electron chi connectivity index (χ4n) is 1.42. The molecule has 3 nitrogen and oxygen atoms in total. The van der Waals surface area contributed by atoms with Crippen molar-refractivity contribution in [1.29, 1.82) is 0 Å². The summed E-state index contributed by atoms with van der Waals surface area (Å²) in [7, 11) is 0. The lowest BCUT2D eigenvalue weighted by Crippen LogP contribution is -2.39. The van der Waals surface area contributed by atoms with Gasteiger partial charge in [0.05, 0.1) is 17.2 Å². The van der Waals surface area contributed by atoms with Gasteiger partial charge in [-0.2, -0.15) is 0 Å². The van der Waals surface area contributed by atoms with Crippen molar-refractivity contribution >= 4 is 17.5 Å². The van der Waals surface area contributed by atoms with Crippen LogP contribution in [0.5, 0.6) is 0 Å². The predicted octanol–water partition coefficient (Wildman–Crippen LogP) is 1.73. The summed E-state index contributed by atoms with van der Waals surface area (Å²) in [4.78, 5) is 11.7. The van der Waals surface area contributed by atoms with E-state index in [0.717, 1.165) is 18.9 Å². The lowest BCUT2D eigenvalue weighted by Gasteiger charge is -2.14. The van der Waals surface area contributed by atoms with Crippen molar-refractivity contribution in [3.05, 3.63) is 34.6 Å². The topological polar surface area (TPSA) is 49.3 Å². The largest absolute Gasteiger partial charge is 0.394 e. The highest BCUT2D eigenvalue weighted by Gasteiger charge is 2.43. The first-order valence-corrected chi connectivity index (χ1v) is 5.32. The van der Waals surface area contributed by atoms with Crippen molar-refractivity contribution < 1.29 is 14.3 Å². The first kappa shape index (κ1) is 11.4. The van der Waals surface area contributed by atoms with Crippen LogP contribution in [0.15, 0.2) is 18.2 Å². The van der Waals surface area contributed by atoms with E-state index in [1.165, 1.54) is 12.1 Å². The van der Waals surface area contributed by atoms with Crippen LogP contribution in [0.2, 0.25) is 5.02 Å². The smallest absolute Gasteiger partial charge is 0.251 e. The van der Waals surface area contributed by atoms with Crippen LogP contribution in [0.1, 0.15) is 23.2 Å². The summed E-state index contributed by atoms with van der Waals surface area (Å²) in [5.74, 6) is -1.01. The molecule has 0 aliphatic heterocycles. The molecule has 5 heteroatoms. The summed E-state index contributed by atoms with van der Waals surface area (Å²) < 4.78 is 13.1. The molecule has 1 aromatic carbocycles. The molecule has 0 aromatic heterocycles. The number of aliphatic hydroxyl groups excluding tert-OH is 1. The lowest BCUT2D eigenvalue weighted by molar-refractivity contribution is 0.0906. The summed E-state index contributed by atoms with van der Waals surface area (Å²) in [6.45, 7) is -0.0885. The molecule has 0 radical (unpaired) electrons. The van der Waals surface area contributed by atoms with Crippen LogP contribution in [-0.4, -0.2) is 23.2 Å². The standard InChI is InChI=1S/C11H11ClFNO2/c12-8-2-1-7(5-9(8)13)10(16)14-11(6-15)3-4-11/h1-2,5,15H,3-4,6H2,(H,14,16). The van der Waals surface area contributed by atoms with Crippen LogP contribution < -0.4 is 5.32 Å². The van der Waals surface area contributed by atoms with E-state index < -0.39 is 11.4 Å². The van der Waals surface area contributed by atoms with Gasteiger partial charge in [0.25, 0.3) is 5.91 Å². The van der Waals surface area contributed by atoms with Gasteiger partial charge in [0.15, 0.2) is 0 Å². The Balaban J connectivity index is 2.12. The zero-order valence-corrected chi connectivity index (χ0v) is 9.22. The van der Waals surface area contributed by atoms with Crippen LogP contribution in [0.4, 0.5) is 4.39 Å². The van der Waals surface area contributed by atoms with Crippen LogP contribution in [0, 0.1) is 5.82 Å². The maximum Gasteiger partial charge on any atom is 0.251 e. The molecular formula is C11H11ClFNO2. The van der Waals surface area contributed by atoms with Crippen molar-refractivity contribution in [2.75, 3.05) is 6.61 Å². The highest BCUT2D eigenvalue weighted by atomic mass is 35.5. The summed E-state index contributed by atoms with van der Waals surface area (Å²) in [6.07, 6.45) is 1.51. The average Bonchev–Trinajstić information content (AvgIpc) is 3.02. The zero-order valence-electron chi connectivity index (χ0n) is 8.46. The van der Waals surface area contributed by atoms with Gasteiger partial charge in [-0.05, 0) is 31.0 Å². The van der Waals surface area contributed by atoms with E-state index >= 15 is 0 Å². The summed E-state index contributed by atoms with van der Waals surface area (Å²) in [6, 6.07) is 3.88. The molecule has 0 saturated heterocycles. The van der Waals surface area contributed by atoms with Crippen LogP contribution in [0.25, 0.3) is 0 Å². The molecule has 0 heterocycles. The second kappa shape index (κ2) is 4.03. The molecule has 0 unspecified atom stereocenters. The zero-order chi connectivity index (χ0) is 11.8. The van der Waals surface area contributed by atoms with Gasteiger partial charge < -0.3 is 10.4 Å². The molecule has 1 saturated carbocycles. The molecule has 16 heavy (non-hydrogen) atoms. The molecule has 0 atom stereocenters. The summed E-state index contributed by atoms with van der Waals surface area (Å²) in [5, 5.41) is 11.7. The van der Waals surface area contributed by atoms with Crippen molar-refractivity contribution in [1.82, 2.24) is 5.32 Å². The number of benzene rings is 1. The van der Waals surface area contributed by atoms with E-state index in [9.17, 15) is 9.18 Å². The highest BCUT2D eigenvalue weighted by Crippen LogP contribution is 2.34. The van der Waals surface area contributed by atoms with Crippen LogP contribution >= 0.6 is 11.6 Å². The predicted molar refractivity (Wildman–Crippen MR) is 57.9 cm³/mol. The molecule has 1 amide bonds. The van der Waals surface area contributed by atoms with E-state index in [2.05, 4.69) is 5.32 Å². The molecule has 86 valence electrons. The minimum atomic E-state index is -0.622. The van der Waals surface area contributed by atoms with Crippen molar-refractivity contribution in [3.63, 3.8) is 0 Å². The molecule has 0 bridgehead atoms. The van der Waals surface area contributed by atoms with Gasteiger partial charge >= 0.3 is 0 Å². The number of carbonyl (C=O) groups excluding carboxylic acids is 1. The Labute approximate surface area is 97.2 Å². The number of amides is 1. The van der Waals surface area contributed by atoms with Gasteiger partial charge in [0, 0.05) is 5.56 Å². The highest BCUT2D eigenvalue weighted by molar-refractivity contribution is 6.30. The second-order valence-corrected chi connectivity index (χ2v) is 4.43. The van der Waals surface area contributed by atoms with E-state index in [0.29, 0.717) is 0 Å². The minimum Gasteiger partial charge on any atom is -0.394 e. The third-order valence-corrected chi connectivity index (χ3v) is 3.02. The number of halogens is 2. The average molecular weight is 244 g/mol.